The summed E-state index contributed by atoms with van der Waals surface area (Å²) in [7, 11) is 1.48. The van der Waals surface area contributed by atoms with E-state index in [1.807, 2.05) is 0 Å². The van der Waals surface area contributed by atoms with Gasteiger partial charge in [0.2, 0.25) is 11.8 Å². The first-order valence-corrected chi connectivity index (χ1v) is 7.05. The highest BCUT2D eigenvalue weighted by Gasteiger charge is 2.33. The number of carbonyl (C=O) groups excluding carboxylic acids is 1. The van der Waals surface area contributed by atoms with Gasteiger partial charge in [-0.25, -0.2) is 4.98 Å². The number of para-hydroxylation sites is 1. The van der Waals surface area contributed by atoms with Crippen molar-refractivity contribution in [2.24, 2.45) is 0 Å². The van der Waals surface area contributed by atoms with Crippen LogP contribution < -0.4 is 15.4 Å². The van der Waals surface area contributed by atoms with Crippen molar-refractivity contribution in [1.29, 1.82) is 0 Å². The average molecular weight is 339 g/mol. The Morgan fingerprint density at radius 3 is 2.50 bits per heavy atom. The number of methoxy groups -OCH3 is 1. The zero-order chi connectivity index (χ0) is 17.7. The second-order valence-corrected chi connectivity index (χ2v) is 4.99. The van der Waals surface area contributed by atoms with Crippen molar-refractivity contribution < 1.29 is 22.7 Å². The van der Waals surface area contributed by atoms with Gasteiger partial charge in [-0.1, -0.05) is 12.1 Å². The first-order chi connectivity index (χ1) is 11.3. The van der Waals surface area contributed by atoms with E-state index in [0.717, 1.165) is 6.07 Å². The number of carbonyl (C=O) groups is 1. The van der Waals surface area contributed by atoms with E-state index < -0.39 is 23.7 Å². The molecule has 128 valence electrons. The van der Waals surface area contributed by atoms with Gasteiger partial charge in [-0.2, -0.15) is 13.2 Å². The summed E-state index contributed by atoms with van der Waals surface area (Å²) < 4.78 is 43.7. The Morgan fingerprint density at radius 2 is 1.92 bits per heavy atom. The average Bonchev–Trinajstić information content (AvgIpc) is 2.55. The molecule has 1 aromatic carbocycles. The van der Waals surface area contributed by atoms with Gasteiger partial charge < -0.3 is 15.4 Å². The Labute approximate surface area is 136 Å². The standard InChI is InChI=1S/C16H16F3N3O2/c1-10(21-11-7-8-14(24-2)20-9-11)15(23)22-13-6-4-3-5-12(13)16(17,18)19/h3-10,21H,1-2H3,(H,22,23)/t10-/m0/s1. The lowest BCUT2D eigenvalue weighted by Gasteiger charge is -2.18. The summed E-state index contributed by atoms with van der Waals surface area (Å²) in [5.74, 6) is -0.181. The molecule has 0 unspecified atom stereocenters. The van der Waals surface area contributed by atoms with Crippen molar-refractivity contribution in [1.82, 2.24) is 4.98 Å². The van der Waals surface area contributed by atoms with Crippen molar-refractivity contribution in [2.75, 3.05) is 17.7 Å². The van der Waals surface area contributed by atoms with E-state index in [4.69, 9.17) is 4.74 Å². The summed E-state index contributed by atoms with van der Waals surface area (Å²) in [6, 6.07) is 7.32. The first-order valence-electron chi connectivity index (χ1n) is 7.05. The van der Waals surface area contributed by atoms with Gasteiger partial charge in [-0.15, -0.1) is 0 Å². The highest BCUT2D eigenvalue weighted by molar-refractivity contribution is 5.96. The normalized spacial score (nSPS) is 12.4. The Kier molecular flexibility index (Phi) is 5.28. The lowest BCUT2D eigenvalue weighted by atomic mass is 10.1. The Morgan fingerprint density at radius 1 is 1.21 bits per heavy atom. The van der Waals surface area contributed by atoms with Crippen molar-refractivity contribution in [3.05, 3.63) is 48.2 Å². The number of alkyl halides is 3. The van der Waals surface area contributed by atoms with Crippen molar-refractivity contribution in [2.45, 2.75) is 19.1 Å². The molecule has 0 bridgehead atoms. The van der Waals surface area contributed by atoms with Gasteiger partial charge in [0, 0.05) is 6.07 Å². The number of aromatic nitrogens is 1. The summed E-state index contributed by atoms with van der Waals surface area (Å²) in [5.41, 5.74) is -0.629. The van der Waals surface area contributed by atoms with Crippen LogP contribution in [0.25, 0.3) is 0 Å². The largest absolute Gasteiger partial charge is 0.481 e. The molecule has 24 heavy (non-hydrogen) atoms. The fourth-order valence-corrected chi connectivity index (χ4v) is 1.98. The Bertz CT molecular complexity index is 702. The van der Waals surface area contributed by atoms with Crippen LogP contribution in [0.2, 0.25) is 0 Å². The zero-order valence-corrected chi connectivity index (χ0v) is 13.0. The van der Waals surface area contributed by atoms with Gasteiger partial charge in [-0.3, -0.25) is 4.79 Å². The summed E-state index contributed by atoms with van der Waals surface area (Å²) in [6.45, 7) is 1.54. The molecule has 0 saturated carbocycles. The molecule has 0 radical (unpaired) electrons. The maximum absolute atomic E-state index is 12.9. The van der Waals surface area contributed by atoms with E-state index in [0.29, 0.717) is 11.6 Å². The zero-order valence-electron chi connectivity index (χ0n) is 13.0. The van der Waals surface area contributed by atoms with Gasteiger partial charge >= 0.3 is 6.18 Å². The van der Waals surface area contributed by atoms with Crippen LogP contribution in [0.1, 0.15) is 12.5 Å². The van der Waals surface area contributed by atoms with Gasteiger partial charge in [-0.05, 0) is 25.1 Å². The number of benzene rings is 1. The van der Waals surface area contributed by atoms with Crippen molar-refractivity contribution in [3.63, 3.8) is 0 Å². The molecule has 0 aliphatic heterocycles. The van der Waals surface area contributed by atoms with Gasteiger partial charge in [0.05, 0.1) is 30.2 Å². The Hall–Kier alpha value is -2.77. The number of pyridine rings is 1. The number of halogens is 3. The van der Waals surface area contributed by atoms with Crippen LogP contribution in [0, 0.1) is 0 Å². The summed E-state index contributed by atoms with van der Waals surface area (Å²) in [6.07, 6.45) is -3.08. The van der Waals surface area contributed by atoms with Crippen LogP contribution >= 0.6 is 0 Å². The van der Waals surface area contributed by atoms with Crippen LogP contribution in [0.5, 0.6) is 5.88 Å². The highest BCUT2D eigenvalue weighted by Crippen LogP contribution is 2.34. The molecule has 1 amide bonds. The number of amides is 1. The van der Waals surface area contributed by atoms with E-state index in [1.54, 1.807) is 12.1 Å². The van der Waals surface area contributed by atoms with Crippen LogP contribution in [-0.2, 0) is 11.0 Å². The molecule has 0 saturated heterocycles. The van der Waals surface area contributed by atoms with Crippen molar-refractivity contribution in [3.8, 4) is 5.88 Å². The Balaban J connectivity index is 2.06. The summed E-state index contributed by atoms with van der Waals surface area (Å²) >= 11 is 0. The molecule has 2 aromatic rings. The maximum atomic E-state index is 12.9. The number of anilines is 2. The lowest BCUT2D eigenvalue weighted by Crippen LogP contribution is -2.32. The van der Waals surface area contributed by atoms with Crippen LogP contribution in [-0.4, -0.2) is 24.0 Å². The number of hydrogen-bond donors (Lipinski definition) is 2. The van der Waals surface area contributed by atoms with Crippen LogP contribution in [0.15, 0.2) is 42.6 Å². The molecular weight excluding hydrogens is 323 g/mol. The van der Waals surface area contributed by atoms with Crippen LogP contribution in [0.3, 0.4) is 0 Å². The van der Waals surface area contributed by atoms with Gasteiger partial charge in [0.25, 0.3) is 0 Å². The summed E-state index contributed by atoms with van der Waals surface area (Å²) in [5, 5.41) is 5.15. The van der Waals surface area contributed by atoms with Gasteiger partial charge in [0.15, 0.2) is 0 Å². The van der Waals surface area contributed by atoms with E-state index in [2.05, 4.69) is 15.6 Å². The van der Waals surface area contributed by atoms with E-state index in [-0.39, 0.29) is 5.69 Å². The molecule has 0 aliphatic carbocycles. The van der Waals surface area contributed by atoms with Crippen LogP contribution in [0.4, 0.5) is 24.5 Å². The third-order valence-corrected chi connectivity index (χ3v) is 3.21. The topological polar surface area (TPSA) is 63.2 Å². The quantitative estimate of drug-likeness (QED) is 0.874. The monoisotopic (exact) mass is 339 g/mol. The minimum atomic E-state index is -4.54. The van der Waals surface area contributed by atoms with E-state index in [9.17, 15) is 18.0 Å². The fourth-order valence-electron chi connectivity index (χ4n) is 1.98. The summed E-state index contributed by atoms with van der Waals surface area (Å²) in [4.78, 5) is 16.1. The molecule has 1 aromatic heterocycles. The number of nitrogens with zero attached hydrogens (tertiary/aromatic N) is 1. The predicted molar refractivity (Wildman–Crippen MR) is 83.9 cm³/mol. The van der Waals surface area contributed by atoms with Gasteiger partial charge in [0.1, 0.15) is 6.04 Å². The molecule has 5 nitrogen and oxygen atoms in total. The number of ether oxygens (including phenoxy) is 1. The second kappa shape index (κ2) is 7.20. The number of hydrogen-bond acceptors (Lipinski definition) is 4. The third kappa shape index (κ3) is 4.37. The second-order valence-electron chi connectivity index (χ2n) is 4.99. The molecular formula is C16H16F3N3O2. The molecule has 8 heteroatoms. The molecule has 1 atom stereocenters. The molecule has 1 heterocycles. The minimum Gasteiger partial charge on any atom is -0.481 e. The molecule has 0 fully saturated rings. The maximum Gasteiger partial charge on any atom is 0.418 e. The molecule has 2 N–H and O–H groups in total. The third-order valence-electron chi connectivity index (χ3n) is 3.21. The molecule has 0 spiro atoms. The number of rotatable bonds is 5. The van der Waals surface area contributed by atoms with Crippen molar-refractivity contribution >= 4 is 17.3 Å². The SMILES string of the molecule is COc1ccc(N[C@@H](C)C(=O)Nc2ccccc2C(F)(F)F)cn1. The fraction of sp³-hybridized carbons (Fsp3) is 0.250. The first kappa shape index (κ1) is 17.6. The molecule has 0 aliphatic rings. The minimum absolute atomic E-state index is 0.281. The number of nitrogens with one attached hydrogen (secondary N) is 2. The lowest BCUT2D eigenvalue weighted by molar-refractivity contribution is -0.137. The smallest absolute Gasteiger partial charge is 0.418 e. The molecule has 2 rings (SSSR count). The highest BCUT2D eigenvalue weighted by atomic mass is 19.4. The predicted octanol–water partition coefficient (Wildman–Crippen LogP) is 3.55. The van der Waals surface area contributed by atoms with E-state index >= 15 is 0 Å². The van der Waals surface area contributed by atoms with E-state index in [1.165, 1.54) is 38.4 Å².